The van der Waals surface area contributed by atoms with E-state index in [9.17, 15) is 18.5 Å². The van der Waals surface area contributed by atoms with Gasteiger partial charge in [0.1, 0.15) is 36.4 Å². The maximum Gasteiger partial charge on any atom is 0.268 e. The second kappa shape index (κ2) is 10.7. The zero-order chi connectivity index (χ0) is 23.8. The number of benzene rings is 2. The summed E-state index contributed by atoms with van der Waals surface area (Å²) in [5.74, 6) is 0.676. The van der Waals surface area contributed by atoms with Gasteiger partial charge in [0.15, 0.2) is 0 Å². The number of carbonyl (C=O) groups is 1. The van der Waals surface area contributed by atoms with Crippen LogP contribution >= 0.6 is 11.3 Å². The van der Waals surface area contributed by atoms with E-state index >= 15 is 0 Å². The molecule has 9 nitrogen and oxygen atoms in total. The zero-order valence-corrected chi connectivity index (χ0v) is 19.4. The topological polar surface area (TPSA) is 131 Å². The Morgan fingerprint density at radius 2 is 1.82 bits per heavy atom. The van der Waals surface area contributed by atoms with Gasteiger partial charge in [-0.1, -0.05) is 35.6 Å². The number of carbonyl (C=O) groups excluding carboxylic acids is 1. The van der Waals surface area contributed by atoms with Gasteiger partial charge < -0.3 is 9.47 Å². The second-order valence-electron chi connectivity index (χ2n) is 6.85. The summed E-state index contributed by atoms with van der Waals surface area (Å²) >= 11 is 0.707. The van der Waals surface area contributed by atoms with E-state index in [2.05, 4.69) is 15.5 Å². The van der Waals surface area contributed by atoms with E-state index < -0.39 is 15.7 Å². The van der Waals surface area contributed by atoms with Crippen LogP contribution in [0, 0.1) is 18.3 Å². The van der Waals surface area contributed by atoms with Crippen LogP contribution in [0.4, 0.5) is 5.13 Å². The molecule has 0 fully saturated rings. The molecule has 1 heterocycles. The van der Waals surface area contributed by atoms with Crippen LogP contribution in [-0.2, 0) is 14.6 Å². The molecule has 0 aliphatic rings. The van der Waals surface area contributed by atoms with Crippen LogP contribution in [0.3, 0.4) is 0 Å². The molecule has 33 heavy (non-hydrogen) atoms. The molecule has 0 radical (unpaired) electrons. The molecular weight excluding hydrogens is 464 g/mol. The Kier molecular flexibility index (Phi) is 7.76. The standard InChI is InChI=1S/C22H20N4O5S2/c1-15-4-3-5-19(12-15)31-11-10-30-18-8-6-16(7-9-18)13-17(14-23)20(27)24-21-25-26-22(32-21)33(2,28)29/h3-9,12-13H,10-11H2,1-2H3,(H,24,25,27)/b17-13-. The number of nitrogens with zero attached hydrogens (tertiary/aromatic N) is 3. The molecule has 0 aliphatic heterocycles. The third-order valence-corrected chi connectivity index (χ3v) is 6.62. The van der Waals surface area contributed by atoms with Crippen molar-refractivity contribution in [1.29, 1.82) is 5.26 Å². The van der Waals surface area contributed by atoms with Crippen LogP contribution in [0.1, 0.15) is 11.1 Å². The SMILES string of the molecule is Cc1cccc(OCCOc2ccc(/C=C(/C#N)C(=O)Nc3nnc(S(C)(=O)=O)s3)cc2)c1. The number of nitrogens with one attached hydrogen (secondary N) is 1. The first-order valence-corrected chi connectivity index (χ1v) is 12.3. The largest absolute Gasteiger partial charge is 0.490 e. The van der Waals surface area contributed by atoms with Gasteiger partial charge in [-0.05, 0) is 48.4 Å². The quantitative estimate of drug-likeness (QED) is 0.212. The fraction of sp³-hybridized carbons (Fsp3) is 0.182. The predicted octanol–water partition coefficient (Wildman–Crippen LogP) is 3.25. The number of aromatic nitrogens is 2. The van der Waals surface area contributed by atoms with E-state index in [4.69, 9.17) is 9.47 Å². The van der Waals surface area contributed by atoms with Crippen LogP contribution in [0.15, 0.2) is 58.4 Å². The van der Waals surface area contributed by atoms with Gasteiger partial charge in [-0.25, -0.2) is 8.42 Å². The lowest BCUT2D eigenvalue weighted by Gasteiger charge is -2.09. The number of ether oxygens (including phenoxy) is 2. The minimum absolute atomic E-state index is 0.0156. The fourth-order valence-electron chi connectivity index (χ4n) is 2.57. The molecule has 0 aliphatic carbocycles. The summed E-state index contributed by atoms with van der Waals surface area (Å²) in [5, 5.41) is 18.8. The summed E-state index contributed by atoms with van der Waals surface area (Å²) in [7, 11) is -3.53. The number of nitriles is 1. The first kappa shape index (κ1) is 23.9. The average Bonchev–Trinajstić information content (AvgIpc) is 3.25. The van der Waals surface area contributed by atoms with Crippen LogP contribution in [0.25, 0.3) is 6.08 Å². The molecule has 0 atom stereocenters. The Morgan fingerprint density at radius 1 is 1.12 bits per heavy atom. The monoisotopic (exact) mass is 484 g/mol. The molecule has 0 bridgehead atoms. The highest BCUT2D eigenvalue weighted by Crippen LogP contribution is 2.21. The van der Waals surface area contributed by atoms with Gasteiger partial charge in [-0.2, -0.15) is 5.26 Å². The van der Waals surface area contributed by atoms with Gasteiger partial charge in [0.05, 0.1) is 0 Å². The zero-order valence-electron chi connectivity index (χ0n) is 17.8. The van der Waals surface area contributed by atoms with Crippen molar-refractivity contribution in [2.24, 2.45) is 0 Å². The second-order valence-corrected chi connectivity index (χ2v) is 10.0. The molecule has 1 N–H and O–H groups in total. The summed E-state index contributed by atoms with van der Waals surface area (Å²) in [5.41, 5.74) is 1.55. The smallest absolute Gasteiger partial charge is 0.268 e. The highest BCUT2D eigenvalue weighted by Gasteiger charge is 2.17. The first-order chi connectivity index (χ1) is 15.7. The van der Waals surface area contributed by atoms with Crippen molar-refractivity contribution >= 4 is 38.3 Å². The predicted molar refractivity (Wildman–Crippen MR) is 124 cm³/mol. The summed E-state index contributed by atoms with van der Waals surface area (Å²) in [6, 6.07) is 16.4. The Morgan fingerprint density at radius 3 is 2.42 bits per heavy atom. The van der Waals surface area contributed by atoms with Gasteiger partial charge in [0.25, 0.3) is 5.91 Å². The van der Waals surface area contributed by atoms with E-state index in [0.717, 1.165) is 17.6 Å². The molecule has 3 aromatic rings. The molecule has 1 aromatic heterocycles. The molecule has 2 aromatic carbocycles. The molecule has 3 rings (SSSR count). The van der Waals surface area contributed by atoms with Crippen LogP contribution < -0.4 is 14.8 Å². The van der Waals surface area contributed by atoms with Crippen molar-refractivity contribution in [1.82, 2.24) is 10.2 Å². The lowest BCUT2D eigenvalue weighted by Crippen LogP contribution is -2.13. The van der Waals surface area contributed by atoms with Gasteiger partial charge in [-0.15, -0.1) is 10.2 Å². The van der Waals surface area contributed by atoms with Crippen molar-refractivity contribution in [3.05, 3.63) is 65.2 Å². The summed E-state index contributed by atoms with van der Waals surface area (Å²) in [6.07, 6.45) is 2.39. The highest BCUT2D eigenvalue weighted by molar-refractivity contribution is 7.92. The molecule has 170 valence electrons. The summed E-state index contributed by atoms with van der Waals surface area (Å²) in [6.45, 7) is 2.73. The number of aryl methyl sites for hydroxylation is 1. The molecule has 11 heteroatoms. The normalized spacial score (nSPS) is 11.5. The Labute approximate surface area is 195 Å². The van der Waals surface area contributed by atoms with E-state index in [0.29, 0.717) is 35.9 Å². The molecule has 0 unspecified atom stereocenters. The van der Waals surface area contributed by atoms with Crippen LogP contribution in [-0.4, -0.2) is 44.0 Å². The number of anilines is 1. The summed E-state index contributed by atoms with van der Waals surface area (Å²) < 4.78 is 34.0. The third-order valence-electron chi connectivity index (χ3n) is 4.11. The van der Waals surface area contributed by atoms with Crippen molar-refractivity contribution in [3.8, 4) is 17.6 Å². The van der Waals surface area contributed by atoms with E-state index in [1.807, 2.05) is 37.3 Å². The first-order valence-electron chi connectivity index (χ1n) is 9.63. The maximum absolute atomic E-state index is 12.3. The number of sulfone groups is 1. The van der Waals surface area contributed by atoms with Crippen LogP contribution in [0.2, 0.25) is 0 Å². The lowest BCUT2D eigenvalue weighted by atomic mass is 10.1. The van der Waals surface area contributed by atoms with Crippen molar-refractivity contribution in [2.75, 3.05) is 24.8 Å². The number of hydrogen-bond donors (Lipinski definition) is 1. The van der Waals surface area contributed by atoms with Gasteiger partial charge in [-0.3, -0.25) is 10.1 Å². The van der Waals surface area contributed by atoms with Crippen molar-refractivity contribution in [2.45, 2.75) is 11.3 Å². The summed E-state index contributed by atoms with van der Waals surface area (Å²) in [4.78, 5) is 12.3. The number of amides is 1. The molecule has 0 spiro atoms. The van der Waals surface area contributed by atoms with Gasteiger partial charge in [0.2, 0.25) is 19.3 Å². The van der Waals surface area contributed by atoms with Gasteiger partial charge >= 0.3 is 0 Å². The van der Waals surface area contributed by atoms with E-state index in [-0.39, 0.29) is 15.0 Å². The molecular formula is C22H20N4O5S2. The van der Waals surface area contributed by atoms with Crippen molar-refractivity contribution < 1.29 is 22.7 Å². The Bertz CT molecular complexity index is 1310. The average molecular weight is 485 g/mol. The minimum Gasteiger partial charge on any atom is -0.490 e. The maximum atomic E-state index is 12.3. The minimum atomic E-state index is -3.53. The number of hydrogen-bond acceptors (Lipinski definition) is 9. The highest BCUT2D eigenvalue weighted by atomic mass is 32.2. The third kappa shape index (κ3) is 7.13. The fourth-order valence-corrected chi connectivity index (χ4v) is 4.08. The van der Waals surface area contributed by atoms with Crippen molar-refractivity contribution in [3.63, 3.8) is 0 Å². The molecule has 0 saturated carbocycles. The molecule has 0 saturated heterocycles. The molecule has 1 amide bonds. The number of rotatable bonds is 9. The Balaban J connectivity index is 1.55. The van der Waals surface area contributed by atoms with E-state index in [1.165, 1.54) is 6.08 Å². The van der Waals surface area contributed by atoms with Gasteiger partial charge in [0, 0.05) is 6.26 Å². The Hall–Kier alpha value is -3.75. The van der Waals surface area contributed by atoms with Crippen LogP contribution in [0.5, 0.6) is 11.5 Å². The van der Waals surface area contributed by atoms with E-state index in [1.54, 1.807) is 24.3 Å². The lowest BCUT2D eigenvalue weighted by molar-refractivity contribution is -0.112.